The summed E-state index contributed by atoms with van der Waals surface area (Å²) in [6.45, 7) is 6.92. The van der Waals surface area contributed by atoms with Crippen LogP contribution in [0.25, 0.3) is 0 Å². The molecule has 2 aliphatic rings. The van der Waals surface area contributed by atoms with Crippen LogP contribution in [0.4, 0.5) is 4.39 Å². The van der Waals surface area contributed by atoms with Crippen molar-refractivity contribution in [1.29, 1.82) is 0 Å². The summed E-state index contributed by atoms with van der Waals surface area (Å²) in [6.07, 6.45) is 3.09. The molecule has 4 atom stereocenters. The zero-order valence-electron chi connectivity index (χ0n) is 23.9. The van der Waals surface area contributed by atoms with Crippen LogP contribution in [0.1, 0.15) is 57.3 Å². The van der Waals surface area contributed by atoms with Gasteiger partial charge in [0.05, 0.1) is 31.5 Å². The normalized spacial score (nSPS) is 23.6. The second kappa shape index (κ2) is 12.4. The average Bonchev–Trinajstić information content (AvgIpc) is 2.90. The first kappa shape index (κ1) is 30.3. The number of carbonyl (C=O) groups is 1. The van der Waals surface area contributed by atoms with E-state index in [1.807, 2.05) is 39.0 Å². The van der Waals surface area contributed by atoms with Crippen LogP contribution in [0.5, 0.6) is 11.5 Å². The number of benzene rings is 2. The maximum Gasteiger partial charge on any atom is 0.311 e. The van der Waals surface area contributed by atoms with Crippen molar-refractivity contribution in [1.82, 2.24) is 4.31 Å². The fourth-order valence-electron chi connectivity index (χ4n) is 5.64. The first-order valence-electron chi connectivity index (χ1n) is 13.8. The van der Waals surface area contributed by atoms with Gasteiger partial charge in [0.15, 0.2) is 0 Å². The molecule has 220 valence electrons. The van der Waals surface area contributed by atoms with Crippen LogP contribution in [-0.2, 0) is 30.7 Å². The lowest BCUT2D eigenvalue weighted by molar-refractivity contribution is -0.189. The van der Waals surface area contributed by atoms with Gasteiger partial charge in [0.1, 0.15) is 29.5 Å². The quantitative estimate of drug-likeness (QED) is 0.350. The highest BCUT2D eigenvalue weighted by atomic mass is 32.2. The van der Waals surface area contributed by atoms with Crippen LogP contribution >= 0.6 is 0 Å². The average molecular weight is 578 g/mol. The van der Waals surface area contributed by atoms with E-state index >= 15 is 0 Å². The lowest BCUT2D eigenvalue weighted by Crippen LogP contribution is -2.53. The fourth-order valence-corrected chi connectivity index (χ4v) is 6.51. The molecule has 40 heavy (non-hydrogen) atoms. The van der Waals surface area contributed by atoms with Gasteiger partial charge in [0.25, 0.3) is 0 Å². The van der Waals surface area contributed by atoms with Crippen molar-refractivity contribution in [3.63, 3.8) is 0 Å². The van der Waals surface area contributed by atoms with Crippen molar-refractivity contribution in [3.05, 3.63) is 59.4 Å². The fraction of sp³-hybridized carbons (Fsp3) is 0.567. The number of hydrogen-bond acceptors (Lipinski definition) is 7. The van der Waals surface area contributed by atoms with Crippen molar-refractivity contribution in [2.45, 2.75) is 64.3 Å². The van der Waals surface area contributed by atoms with Gasteiger partial charge in [-0.1, -0.05) is 25.5 Å². The molecule has 2 aromatic rings. The lowest BCUT2D eigenvalue weighted by atomic mass is 9.71. The van der Waals surface area contributed by atoms with Crippen LogP contribution < -0.4 is 9.47 Å². The third-order valence-electron chi connectivity index (χ3n) is 7.89. The molecule has 0 bridgehead atoms. The molecule has 0 aliphatic carbocycles. The molecule has 2 aliphatic heterocycles. The summed E-state index contributed by atoms with van der Waals surface area (Å²) < 4.78 is 63.3. The minimum atomic E-state index is -3.32. The van der Waals surface area contributed by atoms with E-state index in [1.165, 1.54) is 29.8 Å². The Labute approximate surface area is 236 Å². The van der Waals surface area contributed by atoms with Gasteiger partial charge in [-0.3, -0.25) is 4.79 Å². The Kier molecular flexibility index (Phi) is 9.42. The van der Waals surface area contributed by atoms with Crippen LogP contribution in [0.15, 0.2) is 42.5 Å². The molecule has 8 nitrogen and oxygen atoms in total. The van der Waals surface area contributed by atoms with Crippen LogP contribution in [-0.4, -0.2) is 63.5 Å². The second-order valence-corrected chi connectivity index (χ2v) is 13.1. The minimum absolute atomic E-state index is 0.109. The first-order valence-corrected chi connectivity index (χ1v) is 15.7. The lowest BCUT2D eigenvalue weighted by Gasteiger charge is -2.50. The van der Waals surface area contributed by atoms with Gasteiger partial charge < -0.3 is 18.9 Å². The van der Waals surface area contributed by atoms with Crippen molar-refractivity contribution in [3.8, 4) is 11.5 Å². The number of fused-ring (bicyclic) bond motifs is 3. The molecule has 2 aromatic carbocycles. The molecule has 0 spiro atoms. The molecule has 1 saturated heterocycles. The number of nitrogens with zero attached hydrogens (tertiary/aromatic N) is 1. The van der Waals surface area contributed by atoms with E-state index in [4.69, 9.17) is 18.9 Å². The minimum Gasteiger partial charge on any atom is -0.492 e. The smallest absolute Gasteiger partial charge is 0.311 e. The van der Waals surface area contributed by atoms with Crippen LogP contribution in [0, 0.1) is 17.7 Å². The number of rotatable bonds is 11. The summed E-state index contributed by atoms with van der Waals surface area (Å²) in [5.41, 5.74) is 1.09. The molecule has 0 saturated carbocycles. The number of unbranched alkanes of at least 4 members (excludes halogenated alkanes) is 1. The molecule has 1 fully saturated rings. The number of carbonyl (C=O) groups excluding carboxylic acids is 1. The molecule has 0 aromatic heterocycles. The molecular formula is C30H40FNO7S. The predicted molar refractivity (Wildman–Crippen MR) is 149 cm³/mol. The standard InChI is InChI=1S/C30H40FNO7S/c1-6-7-14-32(40(5,34)35)15-16-37-22-12-13-23-27(18-22)39-30(2,3)25-19-24(29(33)36-4)26(38-28(23)25)17-20-8-10-21(31)11-9-20/h8-13,18,24-26,28H,6-7,14-17,19H2,1-5H3/t24-,25-,26-,28+/m1/s1. The van der Waals surface area contributed by atoms with E-state index in [-0.39, 0.29) is 37.0 Å². The van der Waals surface area contributed by atoms with E-state index in [9.17, 15) is 17.6 Å². The third kappa shape index (κ3) is 6.95. The topological polar surface area (TPSA) is 91.4 Å². The van der Waals surface area contributed by atoms with Crippen molar-refractivity contribution < 1.29 is 36.6 Å². The van der Waals surface area contributed by atoms with Gasteiger partial charge >= 0.3 is 5.97 Å². The number of methoxy groups -OCH3 is 1. The van der Waals surface area contributed by atoms with Crippen molar-refractivity contribution >= 4 is 16.0 Å². The van der Waals surface area contributed by atoms with E-state index in [0.29, 0.717) is 30.9 Å². The Morgan fingerprint density at radius 2 is 1.88 bits per heavy atom. The molecule has 0 N–H and O–H groups in total. The van der Waals surface area contributed by atoms with E-state index in [0.717, 1.165) is 24.0 Å². The highest BCUT2D eigenvalue weighted by Crippen LogP contribution is 2.53. The maximum absolute atomic E-state index is 13.5. The molecule has 0 amide bonds. The molecule has 10 heteroatoms. The van der Waals surface area contributed by atoms with Gasteiger partial charge in [-0.25, -0.2) is 12.8 Å². The number of hydrogen-bond donors (Lipinski definition) is 0. The number of sulfonamides is 1. The molecule has 2 heterocycles. The van der Waals surface area contributed by atoms with Crippen molar-refractivity contribution in [2.24, 2.45) is 11.8 Å². The zero-order valence-corrected chi connectivity index (χ0v) is 24.7. The molecule has 4 rings (SSSR count). The summed E-state index contributed by atoms with van der Waals surface area (Å²) in [4.78, 5) is 12.8. The molecular weight excluding hydrogens is 537 g/mol. The number of halogens is 1. The monoisotopic (exact) mass is 577 g/mol. The summed E-state index contributed by atoms with van der Waals surface area (Å²) in [5, 5.41) is 0. The SMILES string of the molecule is CCCCN(CCOc1ccc2c(c1)OC(C)(C)[C@@H]1C[C@@H](C(=O)OC)[C@@H](Cc3ccc(F)cc3)O[C@@H]21)S(C)(=O)=O. The Morgan fingerprint density at radius 1 is 1.15 bits per heavy atom. The van der Waals surface area contributed by atoms with Gasteiger partial charge in [0, 0.05) is 30.6 Å². The van der Waals surface area contributed by atoms with E-state index < -0.39 is 27.6 Å². The highest BCUT2D eigenvalue weighted by molar-refractivity contribution is 7.88. The highest BCUT2D eigenvalue weighted by Gasteiger charge is 2.52. The van der Waals surface area contributed by atoms with Gasteiger partial charge in [-0.05, 0) is 62.9 Å². The maximum atomic E-state index is 13.5. The van der Waals surface area contributed by atoms with Crippen LogP contribution in [0.3, 0.4) is 0 Å². The largest absolute Gasteiger partial charge is 0.492 e. The Hall–Kier alpha value is -2.69. The van der Waals surface area contributed by atoms with Gasteiger partial charge in [0.2, 0.25) is 10.0 Å². The summed E-state index contributed by atoms with van der Waals surface area (Å²) in [5.74, 6) is -0.0511. The zero-order chi connectivity index (χ0) is 29.1. The van der Waals surface area contributed by atoms with Gasteiger partial charge in [-0.2, -0.15) is 4.31 Å². The first-order chi connectivity index (χ1) is 18.9. The third-order valence-corrected chi connectivity index (χ3v) is 9.20. The number of esters is 1. The summed E-state index contributed by atoms with van der Waals surface area (Å²) in [6, 6.07) is 11.8. The van der Waals surface area contributed by atoms with Gasteiger partial charge in [-0.15, -0.1) is 0 Å². The van der Waals surface area contributed by atoms with E-state index in [1.54, 1.807) is 12.1 Å². The summed E-state index contributed by atoms with van der Waals surface area (Å²) >= 11 is 0. The second-order valence-electron chi connectivity index (χ2n) is 11.2. The Bertz CT molecular complexity index is 1280. The Morgan fingerprint density at radius 3 is 2.52 bits per heavy atom. The van der Waals surface area contributed by atoms with Crippen molar-refractivity contribution in [2.75, 3.05) is 33.1 Å². The number of ether oxygens (including phenoxy) is 4. The molecule has 0 unspecified atom stereocenters. The Balaban J connectivity index is 1.54. The molecule has 0 radical (unpaired) electrons. The van der Waals surface area contributed by atoms with Crippen LogP contribution in [0.2, 0.25) is 0 Å². The predicted octanol–water partition coefficient (Wildman–Crippen LogP) is 4.92. The summed E-state index contributed by atoms with van der Waals surface area (Å²) in [7, 11) is -1.94. The van der Waals surface area contributed by atoms with E-state index in [2.05, 4.69) is 0 Å².